The van der Waals surface area contributed by atoms with Crippen LogP contribution in [0.3, 0.4) is 0 Å². The molecule has 0 saturated heterocycles. The van der Waals surface area contributed by atoms with E-state index in [0.29, 0.717) is 12.4 Å². The summed E-state index contributed by atoms with van der Waals surface area (Å²) in [4.78, 5) is 3.72. The van der Waals surface area contributed by atoms with Crippen LogP contribution in [0.25, 0.3) is 0 Å². The molecular weight excluding hydrogens is 299 g/mol. The molecule has 114 valence electrons. The fraction of sp³-hybridized carbons (Fsp3) is 0.333. The lowest BCUT2D eigenvalue weighted by Crippen LogP contribution is -2.13. The number of hydrogen-bond acceptors (Lipinski definition) is 5. The van der Waals surface area contributed by atoms with Gasteiger partial charge >= 0.3 is 0 Å². The van der Waals surface area contributed by atoms with Crippen LogP contribution in [-0.2, 0) is 23.2 Å². The highest BCUT2D eigenvalue weighted by Crippen LogP contribution is 2.21. The molecule has 2 aromatic rings. The second kappa shape index (κ2) is 6.19. The molecule has 0 bridgehead atoms. The van der Waals surface area contributed by atoms with Gasteiger partial charge < -0.3 is 4.74 Å². The van der Waals surface area contributed by atoms with Crippen molar-refractivity contribution in [2.24, 2.45) is 5.14 Å². The number of benzene rings is 1. The molecule has 1 aromatic heterocycles. The molecule has 7 nitrogen and oxygen atoms in total. The van der Waals surface area contributed by atoms with Crippen LogP contribution in [0, 0.1) is 5.82 Å². The van der Waals surface area contributed by atoms with Crippen molar-refractivity contribution in [1.82, 2.24) is 14.8 Å². The molecule has 2 N–H and O–H groups in total. The molecule has 0 unspecified atom stereocenters. The maximum Gasteiger partial charge on any atom is 0.238 e. The van der Waals surface area contributed by atoms with Crippen LogP contribution in [0.4, 0.5) is 4.39 Å². The number of aromatic nitrogens is 3. The number of nitrogens with two attached hydrogens (primary N) is 1. The van der Waals surface area contributed by atoms with Gasteiger partial charge in [-0.05, 0) is 24.6 Å². The zero-order chi connectivity index (χ0) is 15.5. The third-order valence-electron chi connectivity index (χ3n) is 2.72. The van der Waals surface area contributed by atoms with Crippen molar-refractivity contribution in [2.45, 2.75) is 31.4 Å². The predicted octanol–water partition coefficient (Wildman–Crippen LogP) is 1.05. The Hall–Kier alpha value is -2.00. The van der Waals surface area contributed by atoms with Crippen LogP contribution >= 0.6 is 0 Å². The van der Waals surface area contributed by atoms with Gasteiger partial charge in [-0.25, -0.2) is 27.6 Å². The van der Waals surface area contributed by atoms with Gasteiger partial charge in [0.05, 0.1) is 4.90 Å². The molecule has 0 aliphatic heterocycles. The highest BCUT2D eigenvalue weighted by molar-refractivity contribution is 7.89. The predicted molar refractivity (Wildman–Crippen MR) is 72.4 cm³/mol. The highest BCUT2D eigenvalue weighted by Gasteiger charge is 2.13. The number of ether oxygens (including phenoxy) is 1. The van der Waals surface area contributed by atoms with Gasteiger partial charge in [-0.3, -0.25) is 0 Å². The molecule has 0 radical (unpaired) electrons. The largest absolute Gasteiger partial charge is 0.483 e. The lowest BCUT2D eigenvalue weighted by molar-refractivity contribution is 0.272. The van der Waals surface area contributed by atoms with Crippen molar-refractivity contribution in [2.75, 3.05) is 0 Å². The molecule has 0 aliphatic carbocycles. The van der Waals surface area contributed by atoms with E-state index >= 15 is 0 Å². The number of halogens is 1. The van der Waals surface area contributed by atoms with Crippen LogP contribution in [0.15, 0.2) is 29.4 Å². The second-order valence-corrected chi connectivity index (χ2v) is 5.89. The minimum absolute atomic E-state index is 0.0334. The molecule has 1 aromatic carbocycles. The van der Waals surface area contributed by atoms with E-state index in [-0.39, 0.29) is 17.3 Å². The first-order chi connectivity index (χ1) is 9.91. The second-order valence-electron chi connectivity index (χ2n) is 4.33. The number of nitrogens with zero attached hydrogens (tertiary/aromatic N) is 3. The fourth-order valence-corrected chi connectivity index (χ4v) is 2.24. The molecule has 0 atom stereocenters. The maximum absolute atomic E-state index is 13.8. The van der Waals surface area contributed by atoms with E-state index in [0.717, 1.165) is 12.5 Å². The maximum atomic E-state index is 13.8. The quantitative estimate of drug-likeness (QED) is 0.859. The summed E-state index contributed by atoms with van der Waals surface area (Å²) in [5.41, 5.74) is 0. The van der Waals surface area contributed by atoms with Crippen LogP contribution < -0.4 is 9.88 Å². The molecule has 1 heterocycles. The van der Waals surface area contributed by atoms with Gasteiger partial charge in [-0.15, -0.1) is 0 Å². The first-order valence-electron chi connectivity index (χ1n) is 6.23. The van der Waals surface area contributed by atoms with Gasteiger partial charge in [0.15, 0.2) is 17.4 Å². The van der Waals surface area contributed by atoms with Crippen molar-refractivity contribution < 1.29 is 17.5 Å². The Morgan fingerprint density at radius 1 is 1.43 bits per heavy atom. The average molecular weight is 314 g/mol. The van der Waals surface area contributed by atoms with Crippen LogP contribution in [0.5, 0.6) is 5.75 Å². The standard InChI is InChI=1S/C12H15FN4O3S/c1-2-5-17-12(15-8-16-17)7-20-11-4-3-9(6-10(11)13)21(14,18)19/h3-4,6,8H,2,5,7H2,1H3,(H2,14,18,19). The smallest absolute Gasteiger partial charge is 0.238 e. The number of primary sulfonamides is 1. The Morgan fingerprint density at radius 2 is 2.19 bits per heavy atom. The lowest BCUT2D eigenvalue weighted by atomic mass is 10.3. The van der Waals surface area contributed by atoms with Gasteiger partial charge in [-0.2, -0.15) is 5.10 Å². The first-order valence-corrected chi connectivity index (χ1v) is 7.78. The van der Waals surface area contributed by atoms with E-state index in [2.05, 4.69) is 10.1 Å². The van der Waals surface area contributed by atoms with E-state index < -0.39 is 15.8 Å². The Bertz CT molecular complexity index is 730. The van der Waals surface area contributed by atoms with Gasteiger partial charge in [-0.1, -0.05) is 6.92 Å². The Morgan fingerprint density at radius 3 is 2.81 bits per heavy atom. The van der Waals surface area contributed by atoms with Gasteiger partial charge in [0.2, 0.25) is 10.0 Å². The van der Waals surface area contributed by atoms with Crippen molar-refractivity contribution in [1.29, 1.82) is 0 Å². The first kappa shape index (κ1) is 15.4. The zero-order valence-corrected chi connectivity index (χ0v) is 12.2. The van der Waals surface area contributed by atoms with E-state index in [1.54, 1.807) is 4.68 Å². The highest BCUT2D eigenvalue weighted by atomic mass is 32.2. The Balaban J connectivity index is 2.12. The molecular formula is C12H15FN4O3S. The van der Waals surface area contributed by atoms with Crippen molar-refractivity contribution in [3.05, 3.63) is 36.2 Å². The fourth-order valence-electron chi connectivity index (χ4n) is 1.72. The lowest BCUT2D eigenvalue weighted by Gasteiger charge is -2.08. The summed E-state index contributed by atoms with van der Waals surface area (Å²) in [6.07, 6.45) is 2.28. The van der Waals surface area contributed by atoms with Gasteiger partial charge in [0, 0.05) is 6.54 Å². The zero-order valence-electron chi connectivity index (χ0n) is 11.4. The van der Waals surface area contributed by atoms with Gasteiger partial charge in [0.25, 0.3) is 0 Å². The summed E-state index contributed by atoms with van der Waals surface area (Å²) in [5.74, 6) is -0.316. The van der Waals surface area contributed by atoms with E-state index in [1.165, 1.54) is 18.5 Å². The van der Waals surface area contributed by atoms with Crippen LogP contribution in [0.2, 0.25) is 0 Å². The van der Waals surface area contributed by atoms with Gasteiger partial charge in [0.1, 0.15) is 12.9 Å². The molecule has 9 heteroatoms. The molecule has 21 heavy (non-hydrogen) atoms. The summed E-state index contributed by atoms with van der Waals surface area (Å²) in [6, 6.07) is 3.22. The summed E-state index contributed by atoms with van der Waals surface area (Å²) in [5, 5.41) is 8.95. The molecule has 0 saturated carbocycles. The average Bonchev–Trinajstić information content (AvgIpc) is 2.84. The molecule has 0 aliphatic rings. The van der Waals surface area contributed by atoms with E-state index in [4.69, 9.17) is 9.88 Å². The topological polar surface area (TPSA) is 100 Å². The van der Waals surface area contributed by atoms with Crippen molar-refractivity contribution in [3.8, 4) is 5.75 Å². The molecule has 2 rings (SSSR count). The number of hydrogen-bond donors (Lipinski definition) is 1. The monoisotopic (exact) mass is 314 g/mol. The summed E-state index contributed by atoms with van der Waals surface area (Å²) < 4.78 is 42.9. The van der Waals surface area contributed by atoms with E-state index in [9.17, 15) is 12.8 Å². The molecule has 0 spiro atoms. The number of rotatable bonds is 6. The SMILES string of the molecule is CCCn1ncnc1COc1ccc(S(N)(=O)=O)cc1F. The van der Waals surface area contributed by atoms with Crippen LogP contribution in [0.1, 0.15) is 19.2 Å². The summed E-state index contributed by atoms with van der Waals surface area (Å²) >= 11 is 0. The minimum atomic E-state index is -3.94. The van der Waals surface area contributed by atoms with Crippen molar-refractivity contribution in [3.63, 3.8) is 0 Å². The van der Waals surface area contributed by atoms with E-state index in [1.807, 2.05) is 6.92 Å². The number of sulfonamides is 1. The summed E-state index contributed by atoms with van der Waals surface area (Å²) in [6.45, 7) is 2.72. The number of aryl methyl sites for hydroxylation is 1. The normalized spacial score (nSPS) is 11.6. The summed E-state index contributed by atoms with van der Waals surface area (Å²) in [7, 11) is -3.94. The molecule has 0 fully saturated rings. The third-order valence-corrected chi connectivity index (χ3v) is 3.63. The minimum Gasteiger partial charge on any atom is -0.483 e. The third kappa shape index (κ3) is 3.76. The van der Waals surface area contributed by atoms with Crippen LogP contribution in [-0.4, -0.2) is 23.2 Å². The Kier molecular flexibility index (Phi) is 4.53. The Labute approximate surface area is 121 Å². The molecule has 0 amide bonds. The van der Waals surface area contributed by atoms with Crippen molar-refractivity contribution >= 4 is 10.0 Å².